The average molecular weight is 256 g/mol. The lowest BCUT2D eigenvalue weighted by Crippen LogP contribution is -2.45. The van der Waals surface area contributed by atoms with Gasteiger partial charge in [-0.1, -0.05) is 0 Å². The molecular formula is C9H8N2O7. The molecule has 0 radical (unpaired) electrons. The first-order valence-electron chi connectivity index (χ1n) is 4.67. The number of carbonyl (C=O) groups excluding carboxylic acids is 1. The minimum atomic E-state index is -2.31. The second kappa shape index (κ2) is 4.33. The number of amides is 2. The Labute approximate surface area is 99.8 Å². The molecule has 9 heteroatoms. The quantitative estimate of drug-likeness (QED) is 0.561. The second-order valence-electron chi connectivity index (χ2n) is 3.74. The Morgan fingerprint density at radius 2 is 1.94 bits per heavy atom. The van der Waals surface area contributed by atoms with Crippen LogP contribution in [0.3, 0.4) is 0 Å². The second-order valence-corrected chi connectivity index (χ2v) is 3.74. The molecule has 0 aromatic carbocycles. The lowest BCUT2D eigenvalue weighted by molar-refractivity contribution is -0.155. The summed E-state index contributed by atoms with van der Waals surface area (Å²) in [6.45, 7) is 0. The van der Waals surface area contributed by atoms with Crippen molar-refractivity contribution in [3.8, 4) is 6.07 Å². The third kappa shape index (κ3) is 1.73. The van der Waals surface area contributed by atoms with Crippen LogP contribution in [0.5, 0.6) is 0 Å². The molecule has 0 bridgehead atoms. The fourth-order valence-electron chi connectivity index (χ4n) is 1.84. The fraction of sp³-hybridized carbons (Fsp3) is 0.444. The van der Waals surface area contributed by atoms with Crippen molar-refractivity contribution in [1.29, 1.82) is 5.26 Å². The number of nitrogens with zero attached hydrogens (tertiary/aromatic N) is 2. The van der Waals surface area contributed by atoms with Crippen molar-refractivity contribution < 1.29 is 34.5 Å². The monoisotopic (exact) mass is 256 g/mol. The number of hydrogen-bond donors (Lipinski definition) is 3. The summed E-state index contributed by atoms with van der Waals surface area (Å²) in [7, 11) is 0. The first kappa shape index (κ1) is 13.4. The standard InChI is InChI=1S/C9H8N2O7/c10-2-1-9(7(15)16)3-4(5(12)13)11(6(9)14)8(17)18/h4H,1,3H2,(H,12,13)(H,15,16)(H,17,18)/t4-,9-/m0/s1. The van der Waals surface area contributed by atoms with Crippen molar-refractivity contribution in [2.24, 2.45) is 5.41 Å². The van der Waals surface area contributed by atoms with E-state index >= 15 is 0 Å². The van der Waals surface area contributed by atoms with E-state index in [1.807, 2.05) is 0 Å². The van der Waals surface area contributed by atoms with E-state index in [0.717, 1.165) is 0 Å². The number of rotatable bonds is 3. The van der Waals surface area contributed by atoms with Crippen LogP contribution in [0.4, 0.5) is 4.79 Å². The number of nitriles is 1. The van der Waals surface area contributed by atoms with E-state index < -0.39 is 48.2 Å². The summed E-state index contributed by atoms with van der Waals surface area (Å²) in [5.41, 5.74) is -2.31. The normalized spacial score (nSPS) is 26.7. The Morgan fingerprint density at radius 3 is 2.22 bits per heavy atom. The van der Waals surface area contributed by atoms with Gasteiger partial charge in [0, 0.05) is 6.42 Å². The third-order valence-corrected chi connectivity index (χ3v) is 2.76. The lowest BCUT2D eigenvalue weighted by Gasteiger charge is -2.18. The molecule has 0 spiro atoms. The number of imide groups is 1. The van der Waals surface area contributed by atoms with Crippen LogP contribution in [-0.2, 0) is 14.4 Å². The summed E-state index contributed by atoms with van der Waals surface area (Å²) in [6.07, 6.45) is -3.39. The molecule has 3 N–H and O–H groups in total. The van der Waals surface area contributed by atoms with Crippen LogP contribution in [0.15, 0.2) is 0 Å². The van der Waals surface area contributed by atoms with Gasteiger partial charge in [0.1, 0.15) is 6.04 Å². The fourth-order valence-corrected chi connectivity index (χ4v) is 1.84. The molecule has 2 amide bonds. The van der Waals surface area contributed by atoms with E-state index in [1.165, 1.54) is 6.07 Å². The van der Waals surface area contributed by atoms with Gasteiger partial charge in [0.05, 0.1) is 12.5 Å². The van der Waals surface area contributed by atoms with Crippen molar-refractivity contribution in [1.82, 2.24) is 4.90 Å². The summed E-state index contributed by atoms with van der Waals surface area (Å²) < 4.78 is 0. The van der Waals surface area contributed by atoms with Crippen LogP contribution in [-0.4, -0.2) is 50.2 Å². The third-order valence-electron chi connectivity index (χ3n) is 2.76. The van der Waals surface area contributed by atoms with Crippen molar-refractivity contribution in [3.63, 3.8) is 0 Å². The van der Waals surface area contributed by atoms with Crippen molar-refractivity contribution >= 4 is 23.9 Å². The van der Waals surface area contributed by atoms with Gasteiger partial charge in [0.25, 0.3) is 5.91 Å². The van der Waals surface area contributed by atoms with E-state index in [4.69, 9.17) is 20.6 Å². The van der Waals surface area contributed by atoms with E-state index in [0.29, 0.717) is 0 Å². The zero-order valence-corrected chi connectivity index (χ0v) is 8.86. The minimum Gasteiger partial charge on any atom is -0.480 e. The summed E-state index contributed by atoms with van der Waals surface area (Å²) in [5.74, 6) is -4.73. The number of carboxylic acids is 2. The number of hydrogen-bond acceptors (Lipinski definition) is 5. The van der Waals surface area contributed by atoms with E-state index in [2.05, 4.69) is 0 Å². The largest absolute Gasteiger partial charge is 0.480 e. The molecule has 2 atom stereocenters. The maximum absolute atomic E-state index is 11.8. The van der Waals surface area contributed by atoms with E-state index in [9.17, 15) is 19.2 Å². The molecule has 96 valence electrons. The Kier molecular flexibility index (Phi) is 3.23. The molecule has 0 saturated carbocycles. The van der Waals surface area contributed by atoms with Gasteiger partial charge >= 0.3 is 18.0 Å². The number of carbonyl (C=O) groups is 4. The smallest absolute Gasteiger partial charge is 0.414 e. The molecule has 0 unspecified atom stereocenters. The molecule has 18 heavy (non-hydrogen) atoms. The maximum Gasteiger partial charge on any atom is 0.414 e. The van der Waals surface area contributed by atoms with Crippen LogP contribution < -0.4 is 0 Å². The highest BCUT2D eigenvalue weighted by Gasteiger charge is 2.61. The predicted octanol–water partition coefficient (Wildman–Crippen LogP) is -0.665. The van der Waals surface area contributed by atoms with Crippen LogP contribution in [0, 0.1) is 16.7 Å². The summed E-state index contributed by atoms with van der Waals surface area (Å²) in [4.78, 5) is 44.4. The van der Waals surface area contributed by atoms with E-state index in [-0.39, 0.29) is 4.90 Å². The van der Waals surface area contributed by atoms with Gasteiger partial charge in [0.2, 0.25) is 0 Å². The molecule has 1 fully saturated rings. The van der Waals surface area contributed by atoms with Gasteiger partial charge in [-0.3, -0.25) is 9.59 Å². The lowest BCUT2D eigenvalue weighted by atomic mass is 9.82. The van der Waals surface area contributed by atoms with Gasteiger partial charge in [0.15, 0.2) is 5.41 Å². The van der Waals surface area contributed by atoms with Crippen LogP contribution in [0.1, 0.15) is 12.8 Å². The minimum absolute atomic E-state index is 0.0478. The van der Waals surface area contributed by atoms with Crippen LogP contribution in [0.25, 0.3) is 0 Å². The Morgan fingerprint density at radius 1 is 1.39 bits per heavy atom. The van der Waals surface area contributed by atoms with Gasteiger partial charge in [-0.25, -0.2) is 14.5 Å². The molecule has 0 aromatic rings. The Balaban J connectivity index is 3.31. The van der Waals surface area contributed by atoms with Crippen molar-refractivity contribution in [2.75, 3.05) is 0 Å². The SMILES string of the molecule is N#CC[C@]1(C(=O)O)C[C@@H](C(=O)O)N(C(=O)O)C1=O. The summed E-state index contributed by atoms with van der Waals surface area (Å²) in [5, 5.41) is 35.1. The summed E-state index contributed by atoms with van der Waals surface area (Å²) in [6, 6.07) is -0.325. The number of aliphatic carboxylic acids is 2. The van der Waals surface area contributed by atoms with Gasteiger partial charge < -0.3 is 15.3 Å². The highest BCUT2D eigenvalue weighted by Crippen LogP contribution is 2.39. The molecule has 0 aromatic heterocycles. The number of carboxylic acid groups (broad SMARTS) is 3. The Hall–Kier alpha value is -2.63. The number of likely N-dealkylation sites (tertiary alicyclic amines) is 1. The molecule has 9 nitrogen and oxygen atoms in total. The maximum atomic E-state index is 11.8. The summed E-state index contributed by atoms with van der Waals surface area (Å²) >= 11 is 0. The van der Waals surface area contributed by atoms with Crippen molar-refractivity contribution in [2.45, 2.75) is 18.9 Å². The highest BCUT2D eigenvalue weighted by atomic mass is 16.4. The molecule has 0 aliphatic carbocycles. The van der Waals surface area contributed by atoms with E-state index in [1.54, 1.807) is 0 Å². The molecule has 1 aliphatic rings. The van der Waals surface area contributed by atoms with Crippen LogP contribution in [0.2, 0.25) is 0 Å². The molecule has 1 heterocycles. The topological polar surface area (TPSA) is 156 Å². The van der Waals surface area contributed by atoms with Crippen molar-refractivity contribution in [3.05, 3.63) is 0 Å². The predicted molar refractivity (Wildman–Crippen MR) is 51.2 cm³/mol. The highest BCUT2D eigenvalue weighted by molar-refractivity contribution is 6.11. The van der Waals surface area contributed by atoms with Gasteiger partial charge in [-0.05, 0) is 0 Å². The Bertz CT molecular complexity index is 480. The molecule has 1 rings (SSSR count). The molecular weight excluding hydrogens is 248 g/mol. The first-order valence-corrected chi connectivity index (χ1v) is 4.67. The zero-order chi connectivity index (χ0) is 14.1. The van der Waals surface area contributed by atoms with Gasteiger partial charge in [-0.2, -0.15) is 5.26 Å². The average Bonchev–Trinajstić information content (AvgIpc) is 2.54. The molecule has 1 saturated heterocycles. The van der Waals surface area contributed by atoms with Gasteiger partial charge in [-0.15, -0.1) is 0 Å². The van der Waals surface area contributed by atoms with Crippen LogP contribution >= 0.6 is 0 Å². The molecule has 1 aliphatic heterocycles. The zero-order valence-electron chi connectivity index (χ0n) is 8.86. The first-order chi connectivity index (χ1) is 8.27.